The number of hydrogen-bond acceptors (Lipinski definition) is 16. The van der Waals surface area contributed by atoms with E-state index in [1.807, 2.05) is 58.0 Å². The number of fused-ring (bicyclic) bond motifs is 2. The van der Waals surface area contributed by atoms with Crippen molar-refractivity contribution >= 4 is 94.2 Å². The number of primary amides is 1. The molecule has 4 aliphatic rings. The molecule has 6 heterocycles. The third kappa shape index (κ3) is 16.9. The number of aromatic amines is 1. The molecular weight excluding hydrogens is 1300 g/mol. The number of nitrogens with one attached hydrogen (secondary N) is 5. The van der Waals surface area contributed by atoms with Gasteiger partial charge in [-0.1, -0.05) is 74.0 Å². The number of nitrogens with two attached hydrogens (primary N) is 1. The van der Waals surface area contributed by atoms with Crippen LogP contribution in [0.15, 0.2) is 78.4 Å². The van der Waals surface area contributed by atoms with Gasteiger partial charge in [0.15, 0.2) is 0 Å². The number of β-amino-alcohol motifs (C(OH)–C–C–N with tert-alkyl or cyclic N) is 1. The lowest BCUT2D eigenvalue weighted by Gasteiger charge is -2.38. The molecule has 96 heavy (non-hydrogen) atoms. The van der Waals surface area contributed by atoms with Crippen molar-refractivity contribution < 1.29 is 67.3 Å². The van der Waals surface area contributed by atoms with E-state index in [0.717, 1.165) is 40.2 Å². The predicted octanol–water partition coefficient (Wildman–Crippen LogP) is 5.52. The number of halogens is 1. The first kappa shape index (κ1) is 70.4. The third-order valence-corrected chi connectivity index (χ3v) is 20.3. The second-order valence-electron chi connectivity index (χ2n) is 26.4. The Morgan fingerprint density at radius 2 is 1.68 bits per heavy atom. The Kier molecular flexibility index (Phi) is 22.0. The van der Waals surface area contributed by atoms with E-state index in [-0.39, 0.29) is 99.3 Å². The van der Waals surface area contributed by atoms with Crippen LogP contribution in [0.3, 0.4) is 0 Å². The summed E-state index contributed by atoms with van der Waals surface area (Å²) >= 11 is 8.47. The lowest BCUT2D eigenvalue weighted by Crippen LogP contribution is -2.61. The molecule has 10 N–H and O–H groups in total. The number of aliphatic hydroxyl groups excluding tert-OH is 1. The Morgan fingerprint density at radius 3 is 2.36 bits per heavy atom. The molecule has 8 amide bonds. The molecule has 512 valence electrons. The summed E-state index contributed by atoms with van der Waals surface area (Å²) in [5.41, 5.74) is 9.37. The van der Waals surface area contributed by atoms with Crippen molar-refractivity contribution in [2.75, 3.05) is 32.8 Å². The maximum Gasteiger partial charge on any atom is 0.396 e. The zero-order valence-electron chi connectivity index (χ0n) is 54.0. The molecule has 3 aromatic heterocycles. The molecule has 1 saturated carbocycles. The van der Waals surface area contributed by atoms with E-state index in [1.165, 1.54) is 57.2 Å². The van der Waals surface area contributed by atoms with Gasteiger partial charge in [0.1, 0.15) is 42.2 Å². The lowest BCUT2D eigenvalue weighted by molar-refractivity contribution is -0.145. The molecule has 0 spiro atoms. The molecule has 3 saturated heterocycles. The standard InChI is InChI=1S/C66H81ClN13O14PS/c1-36-58(96-35-70-36)41-16-14-38(15-17-41)48(73-62(87)53-29-46(82)31-78(53)64(89)59(66(3,4)5)79-33-50(75-76-79)39-12-13-39)30-56(84)69-25-7-6-9-40-10-8-11-54(57(40)67)94-34-44(19-23-55(68)83)71-61(86)52-22-20-45-24-26-77(37(2)81)32-51(63(88)80(45)52)74-60(85)49-28-43-27-42(18-21-47(43)72-49)65(90)95(91,92)93/h8,10-11,14-18,21,27-28,33,35,39,44-46,48,51-53,59,72,82H,6-7,9,12-13,19-20,22-26,29-32,34H2,1-5H3,(H2,68,83)(H,69,84)(H,71,86)(H,73,87)(H,74,85)(H2,91,92,93)/t44-,45+,46+,48-,51-,52-,53-,59+/m0/s1. The molecule has 0 unspecified atom stereocenters. The first-order valence-corrected chi connectivity index (χ1v) is 35.1. The van der Waals surface area contributed by atoms with E-state index in [9.17, 15) is 62.6 Å². The van der Waals surface area contributed by atoms with E-state index in [4.69, 9.17) is 22.1 Å². The Morgan fingerprint density at radius 1 is 0.927 bits per heavy atom. The van der Waals surface area contributed by atoms with Gasteiger partial charge in [0.05, 0.1) is 51.4 Å². The van der Waals surface area contributed by atoms with Gasteiger partial charge in [-0.2, -0.15) is 0 Å². The monoisotopic (exact) mass is 1380 g/mol. The minimum Gasteiger partial charge on any atom is -0.490 e. The fourth-order valence-corrected chi connectivity index (χ4v) is 14.5. The van der Waals surface area contributed by atoms with Gasteiger partial charge < -0.3 is 66.3 Å². The number of rotatable bonds is 26. The van der Waals surface area contributed by atoms with Crippen molar-refractivity contribution in [1.82, 2.24) is 60.9 Å². The summed E-state index contributed by atoms with van der Waals surface area (Å²) in [6.45, 7) is 9.11. The number of likely N-dealkylation sites (tertiary alicyclic amines) is 1. The largest absolute Gasteiger partial charge is 0.490 e. The number of hydrogen-bond donors (Lipinski definition) is 9. The highest BCUT2D eigenvalue weighted by molar-refractivity contribution is 7.70. The van der Waals surface area contributed by atoms with Crippen LogP contribution < -0.4 is 31.7 Å². The van der Waals surface area contributed by atoms with Crippen LogP contribution in [0.25, 0.3) is 21.3 Å². The number of carbonyl (C=O) groups is 9. The van der Waals surface area contributed by atoms with Crippen molar-refractivity contribution in [3.63, 3.8) is 0 Å². The third-order valence-electron chi connectivity index (χ3n) is 18.1. The molecule has 27 nitrogen and oxygen atoms in total. The Bertz CT molecular complexity index is 3970. The number of aliphatic hydroxyl groups is 1. The number of benzene rings is 3. The fraction of sp³-hybridized carbons (Fsp3) is 0.485. The topological polar surface area (TPSA) is 384 Å². The molecule has 10 rings (SSSR count). The van der Waals surface area contributed by atoms with Crippen molar-refractivity contribution in [2.45, 2.75) is 166 Å². The van der Waals surface area contributed by atoms with Gasteiger partial charge >= 0.3 is 7.60 Å². The van der Waals surface area contributed by atoms with Crippen LogP contribution in [0.5, 0.6) is 5.75 Å². The van der Waals surface area contributed by atoms with Gasteiger partial charge in [-0.25, -0.2) is 9.67 Å². The van der Waals surface area contributed by atoms with Crippen molar-refractivity contribution in [2.24, 2.45) is 11.1 Å². The molecule has 4 fully saturated rings. The summed E-state index contributed by atoms with van der Waals surface area (Å²) in [6.07, 6.45) is 5.29. The molecule has 1 aliphatic carbocycles. The van der Waals surface area contributed by atoms with Gasteiger partial charge in [0, 0.05) is 80.6 Å². The van der Waals surface area contributed by atoms with Gasteiger partial charge in [-0.15, -0.1) is 16.4 Å². The minimum atomic E-state index is -5.10. The van der Waals surface area contributed by atoms with E-state index in [2.05, 4.69) is 41.5 Å². The molecular formula is C66H81ClN13O14PS. The molecule has 3 aromatic carbocycles. The molecule has 8 atom stereocenters. The van der Waals surface area contributed by atoms with Gasteiger partial charge in [0.2, 0.25) is 41.4 Å². The number of unbranched alkanes of at least 4 members (excludes halogenated alkanes) is 1. The fourth-order valence-electron chi connectivity index (χ4n) is 12.9. The number of amides is 8. The summed E-state index contributed by atoms with van der Waals surface area (Å²) in [5.74, 6) is -3.48. The van der Waals surface area contributed by atoms with E-state index < -0.39 is 96.5 Å². The highest BCUT2D eigenvalue weighted by Crippen LogP contribution is 2.42. The number of aryl methyl sites for hydroxylation is 2. The predicted molar refractivity (Wildman–Crippen MR) is 354 cm³/mol. The normalized spacial score (nSPS) is 20.0. The zero-order valence-corrected chi connectivity index (χ0v) is 56.5. The molecule has 0 radical (unpaired) electrons. The summed E-state index contributed by atoms with van der Waals surface area (Å²) in [7, 11) is -5.10. The number of thiazole rings is 1. The first-order valence-electron chi connectivity index (χ1n) is 32.2. The highest BCUT2D eigenvalue weighted by atomic mass is 35.5. The Hall–Kier alpha value is -8.40. The van der Waals surface area contributed by atoms with Gasteiger partial charge in [-0.3, -0.25) is 47.7 Å². The van der Waals surface area contributed by atoms with Crippen LogP contribution >= 0.6 is 30.5 Å². The molecule has 0 bridgehead atoms. The van der Waals surface area contributed by atoms with Crippen LogP contribution in [0.1, 0.15) is 160 Å². The maximum atomic E-state index is 14.7. The number of H-pyrrole nitrogens is 1. The number of nitrogens with zero attached hydrogens (tertiary/aromatic N) is 7. The Balaban J connectivity index is 0.750. The SMILES string of the molecule is CC(=O)N1CC[C@H]2CC[C@@H](C(=O)N[C@@H](CCC(N)=O)COc3cccc(CCCCNC(=O)C[C@H](NC(=O)[C@@H]4C[C@@H](O)CN4C(=O)[C@@H](n4cc(C5CC5)nn4)C(C)(C)C)c4ccc(-c5scnc5C)cc4)c3Cl)N2C(=O)[C@@H](NC(=O)c2cc3cc(C(=O)P(=O)(O)O)ccc3[nH]2)C1. The van der Waals surface area contributed by atoms with E-state index in [1.54, 1.807) is 28.5 Å². The van der Waals surface area contributed by atoms with Crippen LogP contribution in [-0.4, -0.2) is 176 Å². The number of aromatic nitrogens is 5. The average Bonchev–Trinajstić information content (AvgIpc) is 1.60. The maximum absolute atomic E-state index is 14.7. The van der Waals surface area contributed by atoms with Crippen LogP contribution in [0.4, 0.5) is 0 Å². The van der Waals surface area contributed by atoms with Crippen molar-refractivity contribution in [3.05, 3.63) is 117 Å². The number of ether oxygens (including phenoxy) is 1. The quantitative estimate of drug-likeness (QED) is 0.0238. The molecule has 6 aromatic rings. The van der Waals surface area contributed by atoms with Crippen molar-refractivity contribution in [1.29, 1.82) is 0 Å². The van der Waals surface area contributed by atoms with E-state index >= 15 is 0 Å². The second-order valence-corrected chi connectivity index (χ2v) is 29.1. The van der Waals surface area contributed by atoms with Crippen LogP contribution in [0, 0.1) is 12.3 Å². The average molecular weight is 1380 g/mol. The minimum absolute atomic E-state index is 0.00256. The number of carbonyl (C=O) groups excluding carboxylic acids is 9. The summed E-state index contributed by atoms with van der Waals surface area (Å²) in [4.78, 5) is 155. The van der Waals surface area contributed by atoms with Crippen LogP contribution in [0.2, 0.25) is 5.02 Å². The summed E-state index contributed by atoms with van der Waals surface area (Å²) in [6, 6.07) is 11.7. The summed E-state index contributed by atoms with van der Waals surface area (Å²) in [5, 5.41) is 32.1. The first-order chi connectivity index (χ1) is 45.6. The zero-order chi connectivity index (χ0) is 68.9. The second kappa shape index (κ2) is 29.9. The Labute approximate surface area is 563 Å². The summed E-state index contributed by atoms with van der Waals surface area (Å²) < 4.78 is 19.5. The van der Waals surface area contributed by atoms with E-state index in [0.29, 0.717) is 59.9 Å². The molecule has 30 heteroatoms. The van der Waals surface area contributed by atoms with Crippen molar-refractivity contribution in [3.8, 4) is 16.2 Å². The van der Waals surface area contributed by atoms with Gasteiger partial charge in [-0.05, 0) is 117 Å². The lowest BCUT2D eigenvalue weighted by atomic mass is 9.85. The van der Waals surface area contributed by atoms with Crippen LogP contribution in [-0.2, 0) is 44.5 Å². The van der Waals surface area contributed by atoms with Gasteiger partial charge in [0.25, 0.3) is 11.4 Å². The molecule has 3 aliphatic heterocycles. The highest BCUT2D eigenvalue weighted by Gasteiger charge is 2.48. The smallest absolute Gasteiger partial charge is 0.396 e.